The summed E-state index contributed by atoms with van der Waals surface area (Å²) in [5.74, 6) is 0. The lowest BCUT2D eigenvalue weighted by Gasteiger charge is -1.95. The molecule has 52 valence electrons. The molecule has 0 N–H and O–H groups in total. The smallest absolute Gasteiger partial charge is 0.225 e. The highest BCUT2D eigenvalue weighted by Gasteiger charge is 2.01. The van der Waals surface area contributed by atoms with Crippen LogP contribution in [0.25, 0.3) is 4.85 Å². The molecule has 10 heavy (non-hydrogen) atoms. The summed E-state index contributed by atoms with van der Waals surface area (Å²) in [6.45, 7) is 6.61. The third-order valence-electron chi connectivity index (χ3n) is 0.782. The van der Waals surface area contributed by atoms with E-state index in [0.29, 0.717) is 0 Å². The van der Waals surface area contributed by atoms with Crippen LogP contribution in [0, 0.1) is 17.9 Å². The molecule has 0 bridgehead atoms. The van der Waals surface area contributed by atoms with Crippen molar-refractivity contribution in [3.63, 3.8) is 0 Å². The second kappa shape index (κ2) is 5.22. The van der Waals surface area contributed by atoms with Crippen LogP contribution in [0.4, 0.5) is 0 Å². The van der Waals surface area contributed by atoms with Gasteiger partial charge in [0.2, 0.25) is 0 Å². The Morgan fingerprint density at radius 2 is 2.00 bits per heavy atom. The molecule has 0 saturated heterocycles. The lowest BCUT2D eigenvalue weighted by atomic mass is 10.6. The average Bonchev–Trinajstić information content (AvgIpc) is 2.00. The molecule has 0 aliphatic carbocycles. The summed E-state index contributed by atoms with van der Waals surface area (Å²) in [5, 5.41) is 8.41. The molecule has 0 saturated carbocycles. The van der Waals surface area contributed by atoms with Crippen LogP contribution in [0.2, 0.25) is 0 Å². The fourth-order valence-corrected chi connectivity index (χ4v) is 1.63. The Bertz CT molecular complexity index is 197. The molecule has 0 fully saturated rings. The first kappa shape index (κ1) is 9.42. The van der Waals surface area contributed by atoms with Crippen LogP contribution in [0.3, 0.4) is 0 Å². The summed E-state index contributed by atoms with van der Waals surface area (Å²) in [4.78, 5) is 3.08. The van der Waals surface area contributed by atoms with Crippen molar-refractivity contribution in [3.05, 3.63) is 21.4 Å². The molecule has 0 atom stereocenters. The predicted octanol–water partition coefficient (Wildman–Crippen LogP) is 2.32. The van der Waals surface area contributed by atoms with Crippen molar-refractivity contribution in [2.45, 2.75) is 0 Å². The summed E-state index contributed by atoms with van der Waals surface area (Å²) in [6.07, 6.45) is 3.71. The summed E-state index contributed by atoms with van der Waals surface area (Å²) in [6, 6.07) is 1.84. The van der Waals surface area contributed by atoms with Crippen LogP contribution >= 0.6 is 23.5 Å². The van der Waals surface area contributed by atoms with Gasteiger partial charge < -0.3 is 0 Å². The quantitative estimate of drug-likeness (QED) is 0.470. The molecule has 0 spiro atoms. The van der Waals surface area contributed by atoms with Gasteiger partial charge in [-0.2, -0.15) is 0 Å². The Balaban J connectivity index is 4.62. The van der Waals surface area contributed by atoms with Crippen molar-refractivity contribution in [3.8, 4) is 6.07 Å². The first-order valence-corrected chi connectivity index (χ1v) is 4.85. The minimum atomic E-state index is 0.194. The van der Waals surface area contributed by atoms with E-state index in [1.54, 1.807) is 0 Å². The largest absolute Gasteiger partial charge is 0.281 e. The minimum Gasteiger partial charge on any atom is -0.225 e. The maximum Gasteiger partial charge on any atom is 0.281 e. The Hall–Kier alpha value is -0.580. The number of nitriles is 1. The van der Waals surface area contributed by atoms with Crippen LogP contribution in [0.5, 0.6) is 0 Å². The van der Waals surface area contributed by atoms with Gasteiger partial charge in [0.1, 0.15) is 0 Å². The molecule has 0 heterocycles. The van der Waals surface area contributed by atoms with E-state index in [1.165, 1.54) is 23.5 Å². The van der Waals surface area contributed by atoms with Crippen molar-refractivity contribution in [1.29, 1.82) is 5.26 Å². The van der Waals surface area contributed by atoms with E-state index in [4.69, 9.17) is 11.8 Å². The second-order valence-corrected chi connectivity index (χ2v) is 3.16. The Morgan fingerprint density at radius 1 is 1.50 bits per heavy atom. The van der Waals surface area contributed by atoms with Gasteiger partial charge in [0.05, 0.1) is 16.9 Å². The number of rotatable bonds is 2. The van der Waals surface area contributed by atoms with Gasteiger partial charge in [-0.15, -0.1) is 23.5 Å². The van der Waals surface area contributed by atoms with Gasteiger partial charge in [-0.1, -0.05) is 0 Å². The van der Waals surface area contributed by atoms with E-state index in [0.717, 1.165) is 4.24 Å². The molecule has 4 heteroatoms. The molecular weight excluding hydrogens is 164 g/mol. The number of thioether (sulfide) groups is 2. The van der Waals surface area contributed by atoms with Crippen LogP contribution in [0.15, 0.2) is 9.93 Å². The van der Waals surface area contributed by atoms with Crippen molar-refractivity contribution < 1.29 is 0 Å². The Morgan fingerprint density at radius 3 is 2.10 bits per heavy atom. The highest BCUT2D eigenvalue weighted by Crippen LogP contribution is 2.27. The second-order valence-electron chi connectivity index (χ2n) is 1.27. The third-order valence-corrected chi connectivity index (χ3v) is 2.91. The van der Waals surface area contributed by atoms with Crippen molar-refractivity contribution in [1.82, 2.24) is 0 Å². The zero-order chi connectivity index (χ0) is 7.98. The maximum atomic E-state index is 8.41. The Labute approximate surface area is 69.1 Å². The van der Waals surface area contributed by atoms with Gasteiger partial charge in [-0.25, -0.2) is 10.1 Å². The van der Waals surface area contributed by atoms with E-state index in [-0.39, 0.29) is 5.70 Å². The number of nitrogens with zero attached hydrogens (tertiary/aromatic N) is 2. The van der Waals surface area contributed by atoms with Gasteiger partial charge in [0.15, 0.2) is 0 Å². The lowest BCUT2D eigenvalue weighted by molar-refractivity contribution is 1.50. The molecule has 0 aliphatic heterocycles. The van der Waals surface area contributed by atoms with E-state index in [9.17, 15) is 0 Å². The SMILES string of the molecule is [C-]#[N+]C(C#N)=C(SC)SC. The highest BCUT2D eigenvalue weighted by molar-refractivity contribution is 8.21. The first-order chi connectivity index (χ1) is 4.79. The number of hydrogen-bond acceptors (Lipinski definition) is 3. The number of allylic oxidation sites excluding steroid dienone is 1. The molecule has 0 aliphatic rings. The van der Waals surface area contributed by atoms with Gasteiger partial charge in [-0.3, -0.25) is 0 Å². The monoisotopic (exact) mass is 170 g/mol. The van der Waals surface area contributed by atoms with E-state index >= 15 is 0 Å². The van der Waals surface area contributed by atoms with Crippen molar-refractivity contribution >= 4 is 23.5 Å². The molecule has 2 nitrogen and oxygen atoms in total. The fraction of sp³-hybridized carbons (Fsp3) is 0.333. The van der Waals surface area contributed by atoms with E-state index < -0.39 is 0 Å². The molecule has 0 aromatic rings. The normalized spacial score (nSPS) is 7.60. The topological polar surface area (TPSA) is 28.1 Å². The van der Waals surface area contributed by atoms with Gasteiger partial charge in [0, 0.05) is 0 Å². The third kappa shape index (κ3) is 2.34. The fourth-order valence-electron chi connectivity index (χ4n) is 0.393. The van der Waals surface area contributed by atoms with Crippen molar-refractivity contribution in [2.24, 2.45) is 0 Å². The zero-order valence-electron chi connectivity index (χ0n) is 5.71. The van der Waals surface area contributed by atoms with Crippen LogP contribution < -0.4 is 0 Å². The Kier molecular flexibility index (Phi) is 4.92. The van der Waals surface area contributed by atoms with Crippen molar-refractivity contribution in [2.75, 3.05) is 12.5 Å². The molecule has 0 aromatic heterocycles. The maximum absolute atomic E-state index is 8.41. The van der Waals surface area contributed by atoms with Gasteiger partial charge in [-0.05, 0) is 12.5 Å². The summed E-state index contributed by atoms with van der Waals surface area (Å²) in [5.41, 5.74) is 0.194. The molecule has 0 rings (SSSR count). The average molecular weight is 170 g/mol. The summed E-state index contributed by atoms with van der Waals surface area (Å²) < 4.78 is 0.789. The number of hydrogen-bond donors (Lipinski definition) is 0. The summed E-state index contributed by atoms with van der Waals surface area (Å²) in [7, 11) is 0. The molecule has 0 aromatic carbocycles. The molecule has 0 radical (unpaired) electrons. The lowest BCUT2D eigenvalue weighted by Crippen LogP contribution is -1.73. The van der Waals surface area contributed by atoms with Gasteiger partial charge >= 0.3 is 0 Å². The molecular formula is C6H6N2S2. The van der Waals surface area contributed by atoms with Crippen LogP contribution in [0.1, 0.15) is 0 Å². The van der Waals surface area contributed by atoms with Gasteiger partial charge in [0.25, 0.3) is 5.70 Å². The van der Waals surface area contributed by atoms with Crippen LogP contribution in [-0.4, -0.2) is 12.5 Å². The van der Waals surface area contributed by atoms with E-state index in [1.807, 2.05) is 18.6 Å². The molecule has 0 amide bonds. The summed E-state index contributed by atoms with van der Waals surface area (Å²) >= 11 is 2.87. The van der Waals surface area contributed by atoms with Crippen LogP contribution in [-0.2, 0) is 0 Å². The molecule has 0 unspecified atom stereocenters. The first-order valence-electron chi connectivity index (χ1n) is 2.40. The highest BCUT2D eigenvalue weighted by atomic mass is 32.2. The minimum absolute atomic E-state index is 0.194. The standard InChI is InChI=1S/C6H6N2S2/c1-8-5(4-7)6(9-2)10-3/h2-3H3. The zero-order valence-corrected chi connectivity index (χ0v) is 7.34. The van der Waals surface area contributed by atoms with E-state index in [2.05, 4.69) is 4.85 Å². The predicted molar refractivity (Wildman–Crippen MR) is 46.3 cm³/mol.